The third kappa shape index (κ3) is 5.70. The summed E-state index contributed by atoms with van der Waals surface area (Å²) in [4.78, 5) is 16.3. The van der Waals surface area contributed by atoms with Crippen LogP contribution in [-0.4, -0.2) is 45.4 Å². The van der Waals surface area contributed by atoms with Gasteiger partial charge in [0.1, 0.15) is 5.15 Å². The number of carbonyl (C=O) groups excluding carboxylic acids is 1. The molecule has 216 valence electrons. The monoisotopic (exact) mass is 668 g/mol. The van der Waals surface area contributed by atoms with Crippen molar-refractivity contribution in [3.63, 3.8) is 0 Å². The Balaban J connectivity index is 1.80. The fourth-order valence-electron chi connectivity index (χ4n) is 3.54. The summed E-state index contributed by atoms with van der Waals surface area (Å²) >= 11 is 8.51. The number of ether oxygens (including phenoxy) is 1. The van der Waals surface area contributed by atoms with E-state index in [-0.39, 0.29) is 34.0 Å². The largest absolute Gasteiger partial charge is 0.573 e. The summed E-state index contributed by atoms with van der Waals surface area (Å²) in [6, 6.07) is 1.67. The minimum Gasteiger partial charge on any atom is -0.404 e. The van der Waals surface area contributed by atoms with E-state index in [1.54, 1.807) is 0 Å². The Labute approximate surface area is 230 Å². The van der Waals surface area contributed by atoms with E-state index in [1.165, 1.54) is 12.3 Å². The Morgan fingerprint density at radius 1 is 1.00 bits per heavy atom. The lowest BCUT2D eigenvalue weighted by molar-refractivity contribution is -0.350. The SMILES string of the molecule is O=C(NC1CC1)c1cc(-c2cnn(-c3ccc(C(F)(C(F)(F)F)C(F)(F)F)c(OC(F)(F)F)c3Br)c2)cnc1Cl. The van der Waals surface area contributed by atoms with Gasteiger partial charge in [-0.15, -0.1) is 13.2 Å². The summed E-state index contributed by atoms with van der Waals surface area (Å²) in [5.74, 6) is -2.64. The smallest absolute Gasteiger partial charge is 0.404 e. The molecule has 18 heteroatoms. The van der Waals surface area contributed by atoms with Crippen molar-refractivity contribution in [2.75, 3.05) is 0 Å². The maximum atomic E-state index is 14.7. The number of alkyl halides is 10. The number of nitrogens with one attached hydrogen (secondary N) is 1. The van der Waals surface area contributed by atoms with Crippen molar-refractivity contribution in [3.05, 3.63) is 57.5 Å². The number of carbonyl (C=O) groups is 1. The van der Waals surface area contributed by atoms with Crippen molar-refractivity contribution in [1.29, 1.82) is 0 Å². The molecule has 0 bridgehead atoms. The lowest BCUT2D eigenvalue weighted by Crippen LogP contribution is -2.50. The van der Waals surface area contributed by atoms with Crippen LogP contribution in [0.1, 0.15) is 28.8 Å². The molecular weight excluding hydrogens is 658 g/mol. The van der Waals surface area contributed by atoms with Gasteiger partial charge in [0.2, 0.25) is 0 Å². The van der Waals surface area contributed by atoms with Crippen LogP contribution in [0.25, 0.3) is 16.8 Å². The van der Waals surface area contributed by atoms with Crippen LogP contribution in [0.3, 0.4) is 0 Å². The standard InChI is InChI=1S/C22H12BrClF10N4O2/c23-15-14(4-3-13(16(15)40-22(32,33)34)19(25,20(26,27)28)21(29,30)31)38-8-10(7-36-38)9-5-12(17(24)35-6-9)18(39)37-11-1-2-11/h3-8,11H,1-2H2,(H,37,39). The minimum atomic E-state index is -6.71. The first kappa shape index (κ1) is 29.9. The molecule has 1 fully saturated rings. The maximum Gasteiger partial charge on any atom is 0.573 e. The zero-order valence-corrected chi connectivity index (χ0v) is 21.5. The quantitative estimate of drug-likeness (QED) is 0.219. The third-order valence-corrected chi connectivity index (χ3v) is 6.67. The summed E-state index contributed by atoms with van der Waals surface area (Å²) in [7, 11) is 0. The molecular formula is C22H12BrClF10N4O2. The summed E-state index contributed by atoms with van der Waals surface area (Å²) in [6.45, 7) is 0. The third-order valence-electron chi connectivity index (χ3n) is 5.61. The molecule has 0 aliphatic heterocycles. The second kappa shape index (κ2) is 10.1. The predicted molar refractivity (Wildman–Crippen MR) is 122 cm³/mol. The molecule has 0 atom stereocenters. The average Bonchev–Trinajstić information content (AvgIpc) is 3.50. The first-order chi connectivity index (χ1) is 18.3. The van der Waals surface area contributed by atoms with Gasteiger partial charge in [-0.1, -0.05) is 11.6 Å². The van der Waals surface area contributed by atoms with E-state index in [2.05, 4.69) is 36.1 Å². The summed E-state index contributed by atoms with van der Waals surface area (Å²) in [6.07, 6.45) is -14.2. The number of pyridine rings is 1. The number of aromatic nitrogens is 3. The van der Waals surface area contributed by atoms with Crippen molar-refractivity contribution in [3.8, 4) is 22.6 Å². The van der Waals surface area contributed by atoms with Gasteiger partial charge >= 0.3 is 24.4 Å². The molecule has 0 unspecified atom stereocenters. The van der Waals surface area contributed by atoms with E-state index < -0.39 is 51.8 Å². The summed E-state index contributed by atoms with van der Waals surface area (Å²) in [5.41, 5.74) is -8.86. The van der Waals surface area contributed by atoms with E-state index in [0.29, 0.717) is 6.07 Å². The molecule has 2 aromatic heterocycles. The highest BCUT2D eigenvalue weighted by atomic mass is 79.9. The number of rotatable bonds is 6. The maximum absolute atomic E-state index is 14.7. The topological polar surface area (TPSA) is 69.0 Å². The lowest BCUT2D eigenvalue weighted by Gasteiger charge is -2.32. The van der Waals surface area contributed by atoms with E-state index in [4.69, 9.17) is 11.6 Å². The van der Waals surface area contributed by atoms with Crippen molar-refractivity contribution in [2.24, 2.45) is 0 Å². The average molecular weight is 670 g/mol. The molecule has 1 aliphatic rings. The van der Waals surface area contributed by atoms with Crippen LogP contribution in [0.2, 0.25) is 5.15 Å². The van der Waals surface area contributed by atoms with E-state index in [9.17, 15) is 48.7 Å². The molecule has 1 aliphatic carbocycles. The first-order valence-corrected chi connectivity index (χ1v) is 11.9. The molecule has 1 amide bonds. The lowest BCUT2D eigenvalue weighted by atomic mass is 9.93. The molecule has 40 heavy (non-hydrogen) atoms. The van der Waals surface area contributed by atoms with E-state index in [0.717, 1.165) is 29.9 Å². The molecule has 0 saturated heterocycles. The van der Waals surface area contributed by atoms with Gasteiger partial charge < -0.3 is 10.1 Å². The van der Waals surface area contributed by atoms with Gasteiger partial charge in [-0.05, 0) is 47.0 Å². The van der Waals surface area contributed by atoms with Crippen molar-refractivity contribution >= 4 is 33.4 Å². The Kier molecular flexibility index (Phi) is 7.53. The molecule has 3 aromatic rings. The van der Waals surface area contributed by atoms with Crippen LogP contribution < -0.4 is 10.1 Å². The van der Waals surface area contributed by atoms with Crippen LogP contribution in [0, 0.1) is 0 Å². The van der Waals surface area contributed by atoms with E-state index in [1.807, 2.05) is 0 Å². The van der Waals surface area contributed by atoms with Crippen LogP contribution in [0.5, 0.6) is 5.75 Å². The van der Waals surface area contributed by atoms with Gasteiger partial charge in [0, 0.05) is 29.6 Å². The molecule has 1 aromatic carbocycles. The number of nitrogens with zero attached hydrogens (tertiary/aromatic N) is 3. The molecule has 1 N–H and O–H groups in total. The van der Waals surface area contributed by atoms with Crippen LogP contribution in [0.4, 0.5) is 43.9 Å². The number of benzene rings is 1. The molecule has 0 radical (unpaired) electrons. The fraction of sp³-hybridized carbons (Fsp3) is 0.318. The fourth-order valence-corrected chi connectivity index (χ4v) is 4.33. The van der Waals surface area contributed by atoms with Gasteiger partial charge in [0.05, 0.1) is 27.5 Å². The first-order valence-electron chi connectivity index (χ1n) is 10.8. The van der Waals surface area contributed by atoms with Crippen molar-refractivity contribution < 1.29 is 53.4 Å². The van der Waals surface area contributed by atoms with Gasteiger partial charge in [-0.25, -0.2) is 14.1 Å². The highest BCUT2D eigenvalue weighted by Crippen LogP contribution is 2.57. The second-order valence-electron chi connectivity index (χ2n) is 8.46. The second-order valence-corrected chi connectivity index (χ2v) is 9.61. The van der Waals surface area contributed by atoms with Crippen LogP contribution in [0.15, 0.2) is 41.3 Å². The highest BCUT2D eigenvalue weighted by Gasteiger charge is 2.74. The summed E-state index contributed by atoms with van der Waals surface area (Å²) < 4.78 is 137. The molecule has 2 heterocycles. The Morgan fingerprint density at radius 3 is 2.17 bits per heavy atom. The van der Waals surface area contributed by atoms with Crippen LogP contribution >= 0.6 is 27.5 Å². The summed E-state index contributed by atoms with van der Waals surface area (Å²) in [5, 5.41) is 6.43. The van der Waals surface area contributed by atoms with E-state index >= 15 is 0 Å². The normalized spacial score (nSPS) is 14.8. The Bertz CT molecular complexity index is 1440. The van der Waals surface area contributed by atoms with Gasteiger partial charge in [-0.2, -0.15) is 31.4 Å². The number of hydrogen-bond acceptors (Lipinski definition) is 4. The van der Waals surface area contributed by atoms with Gasteiger partial charge in [0.25, 0.3) is 5.91 Å². The zero-order valence-electron chi connectivity index (χ0n) is 19.1. The van der Waals surface area contributed by atoms with Gasteiger partial charge in [0.15, 0.2) is 5.75 Å². The Hall–Kier alpha value is -3.08. The molecule has 6 nitrogen and oxygen atoms in total. The predicted octanol–water partition coefficient (Wildman–Crippen LogP) is 7.43. The zero-order chi connectivity index (χ0) is 29.8. The number of halogens is 12. The molecule has 4 rings (SSSR count). The molecule has 0 spiro atoms. The van der Waals surface area contributed by atoms with Gasteiger partial charge in [-0.3, -0.25) is 4.79 Å². The van der Waals surface area contributed by atoms with Crippen LogP contribution in [-0.2, 0) is 5.67 Å². The minimum absolute atomic E-state index is 0.0104. The molecule has 1 saturated carbocycles. The highest BCUT2D eigenvalue weighted by molar-refractivity contribution is 9.10. The number of amides is 1. The number of hydrogen-bond donors (Lipinski definition) is 1. The Morgan fingerprint density at radius 2 is 1.62 bits per heavy atom. The van der Waals surface area contributed by atoms with Crippen molar-refractivity contribution in [1.82, 2.24) is 20.1 Å². The van der Waals surface area contributed by atoms with Crippen molar-refractivity contribution in [2.45, 2.75) is 43.3 Å².